The van der Waals surface area contributed by atoms with E-state index in [4.69, 9.17) is 10.6 Å². The van der Waals surface area contributed by atoms with Crippen molar-refractivity contribution in [3.63, 3.8) is 0 Å². The lowest BCUT2D eigenvalue weighted by molar-refractivity contribution is 0.340. The SMILES string of the molecule is CCOc1ccc(C(NN)c2ncccc2F)cc1. The van der Waals surface area contributed by atoms with Crippen LogP contribution in [-0.4, -0.2) is 11.6 Å². The van der Waals surface area contributed by atoms with Gasteiger partial charge >= 0.3 is 0 Å². The number of halogens is 1. The highest BCUT2D eigenvalue weighted by Gasteiger charge is 2.17. The summed E-state index contributed by atoms with van der Waals surface area (Å²) in [4.78, 5) is 4.04. The van der Waals surface area contributed by atoms with Crippen molar-refractivity contribution in [3.8, 4) is 5.75 Å². The fourth-order valence-electron chi connectivity index (χ4n) is 1.87. The summed E-state index contributed by atoms with van der Waals surface area (Å²) >= 11 is 0. The number of rotatable bonds is 5. The predicted molar refractivity (Wildman–Crippen MR) is 71.0 cm³/mol. The van der Waals surface area contributed by atoms with Crippen LogP contribution in [0.15, 0.2) is 42.6 Å². The lowest BCUT2D eigenvalue weighted by Crippen LogP contribution is -2.30. The standard InChI is InChI=1S/C14H16FN3O/c1-2-19-11-7-5-10(6-8-11)13(18-16)14-12(15)4-3-9-17-14/h3-9,13,18H,2,16H2,1H3. The number of hydrogen-bond donors (Lipinski definition) is 2. The van der Waals surface area contributed by atoms with Gasteiger partial charge in [-0.05, 0) is 36.8 Å². The Morgan fingerprint density at radius 3 is 2.63 bits per heavy atom. The molecule has 3 N–H and O–H groups in total. The Morgan fingerprint density at radius 2 is 2.05 bits per heavy atom. The summed E-state index contributed by atoms with van der Waals surface area (Å²) in [5.74, 6) is 5.89. The van der Waals surface area contributed by atoms with Crippen molar-refractivity contribution >= 4 is 0 Å². The first-order valence-electron chi connectivity index (χ1n) is 6.05. The van der Waals surface area contributed by atoms with E-state index in [1.54, 1.807) is 6.07 Å². The summed E-state index contributed by atoms with van der Waals surface area (Å²) in [6, 6.07) is 9.74. The summed E-state index contributed by atoms with van der Waals surface area (Å²) in [6.07, 6.45) is 1.54. The number of nitrogens with zero attached hydrogens (tertiary/aromatic N) is 1. The summed E-state index contributed by atoms with van der Waals surface area (Å²) < 4.78 is 19.1. The molecular formula is C14H16FN3O. The van der Waals surface area contributed by atoms with E-state index in [0.717, 1.165) is 11.3 Å². The molecule has 100 valence electrons. The van der Waals surface area contributed by atoms with E-state index >= 15 is 0 Å². The van der Waals surface area contributed by atoms with Crippen LogP contribution in [0.5, 0.6) is 5.75 Å². The maximum Gasteiger partial charge on any atom is 0.146 e. The number of aromatic nitrogens is 1. The van der Waals surface area contributed by atoms with Crippen LogP contribution in [0.1, 0.15) is 24.2 Å². The fraction of sp³-hybridized carbons (Fsp3) is 0.214. The molecule has 1 heterocycles. The second-order valence-corrected chi connectivity index (χ2v) is 3.97. The van der Waals surface area contributed by atoms with Crippen molar-refractivity contribution in [1.82, 2.24) is 10.4 Å². The number of ether oxygens (including phenoxy) is 1. The summed E-state index contributed by atoms with van der Waals surface area (Å²) in [6.45, 7) is 2.52. The van der Waals surface area contributed by atoms with Crippen molar-refractivity contribution in [2.24, 2.45) is 5.84 Å². The molecule has 0 saturated carbocycles. The van der Waals surface area contributed by atoms with Crippen molar-refractivity contribution in [3.05, 3.63) is 59.7 Å². The number of hydrazine groups is 1. The number of pyridine rings is 1. The van der Waals surface area contributed by atoms with Gasteiger partial charge in [-0.1, -0.05) is 12.1 Å². The molecule has 0 saturated heterocycles. The quantitative estimate of drug-likeness (QED) is 0.639. The second-order valence-electron chi connectivity index (χ2n) is 3.97. The minimum absolute atomic E-state index is 0.272. The lowest BCUT2D eigenvalue weighted by atomic mass is 10.0. The minimum atomic E-state index is -0.489. The molecule has 0 spiro atoms. The van der Waals surface area contributed by atoms with Crippen LogP contribution in [-0.2, 0) is 0 Å². The fourth-order valence-corrected chi connectivity index (χ4v) is 1.87. The molecule has 0 bridgehead atoms. The van der Waals surface area contributed by atoms with E-state index in [-0.39, 0.29) is 11.5 Å². The molecule has 2 aromatic rings. The average Bonchev–Trinajstić information content (AvgIpc) is 2.44. The van der Waals surface area contributed by atoms with Crippen LogP contribution >= 0.6 is 0 Å². The van der Waals surface area contributed by atoms with E-state index in [9.17, 15) is 4.39 Å². The highest BCUT2D eigenvalue weighted by molar-refractivity contribution is 5.33. The third-order valence-electron chi connectivity index (χ3n) is 2.75. The molecule has 1 aromatic heterocycles. The molecule has 0 aliphatic rings. The van der Waals surface area contributed by atoms with Crippen LogP contribution < -0.4 is 16.0 Å². The predicted octanol–water partition coefficient (Wildman–Crippen LogP) is 2.17. The van der Waals surface area contributed by atoms with Crippen LogP contribution in [0, 0.1) is 5.82 Å². The van der Waals surface area contributed by atoms with Crippen molar-refractivity contribution in [2.75, 3.05) is 6.61 Å². The number of benzene rings is 1. The molecule has 0 radical (unpaired) electrons. The molecule has 1 aromatic carbocycles. The third kappa shape index (κ3) is 3.07. The molecule has 2 rings (SSSR count). The first-order chi connectivity index (χ1) is 9.26. The largest absolute Gasteiger partial charge is 0.494 e. The van der Waals surface area contributed by atoms with Crippen molar-refractivity contribution in [2.45, 2.75) is 13.0 Å². The molecule has 0 aliphatic heterocycles. The molecule has 4 nitrogen and oxygen atoms in total. The maximum absolute atomic E-state index is 13.7. The Balaban J connectivity index is 2.29. The van der Waals surface area contributed by atoms with Crippen LogP contribution in [0.4, 0.5) is 4.39 Å². The van der Waals surface area contributed by atoms with Gasteiger partial charge in [-0.15, -0.1) is 0 Å². The van der Waals surface area contributed by atoms with Crippen LogP contribution in [0.2, 0.25) is 0 Å². The molecule has 19 heavy (non-hydrogen) atoms. The number of nitrogens with two attached hydrogens (primary N) is 1. The van der Waals surface area contributed by atoms with Gasteiger partial charge in [0.05, 0.1) is 18.3 Å². The second kappa shape index (κ2) is 6.26. The number of hydrogen-bond acceptors (Lipinski definition) is 4. The Bertz CT molecular complexity index is 530. The van der Waals surface area contributed by atoms with E-state index < -0.39 is 6.04 Å². The topological polar surface area (TPSA) is 60.2 Å². The van der Waals surface area contributed by atoms with Gasteiger partial charge < -0.3 is 4.74 Å². The zero-order chi connectivity index (χ0) is 13.7. The molecule has 0 fully saturated rings. The highest BCUT2D eigenvalue weighted by Crippen LogP contribution is 2.23. The Kier molecular flexibility index (Phi) is 4.43. The summed E-state index contributed by atoms with van der Waals surface area (Å²) in [5, 5.41) is 0. The molecule has 1 atom stereocenters. The van der Waals surface area contributed by atoms with Gasteiger partial charge in [0.2, 0.25) is 0 Å². The molecule has 0 amide bonds. The van der Waals surface area contributed by atoms with Crippen molar-refractivity contribution < 1.29 is 9.13 Å². The van der Waals surface area contributed by atoms with Gasteiger partial charge in [0.15, 0.2) is 0 Å². The Hall–Kier alpha value is -1.98. The summed E-state index contributed by atoms with van der Waals surface area (Å²) in [5.41, 5.74) is 3.68. The van der Waals surface area contributed by atoms with Gasteiger partial charge in [0.1, 0.15) is 11.6 Å². The maximum atomic E-state index is 13.7. The van der Waals surface area contributed by atoms with Gasteiger partial charge in [0, 0.05) is 6.20 Å². The van der Waals surface area contributed by atoms with E-state index in [1.165, 1.54) is 12.3 Å². The van der Waals surface area contributed by atoms with Crippen LogP contribution in [0.25, 0.3) is 0 Å². The molecule has 5 heteroatoms. The van der Waals surface area contributed by atoms with E-state index in [2.05, 4.69) is 10.4 Å². The average molecular weight is 261 g/mol. The van der Waals surface area contributed by atoms with Gasteiger partial charge in [-0.25, -0.2) is 9.82 Å². The van der Waals surface area contributed by atoms with Gasteiger partial charge in [-0.2, -0.15) is 0 Å². The first kappa shape index (κ1) is 13.5. The molecular weight excluding hydrogens is 245 g/mol. The minimum Gasteiger partial charge on any atom is -0.494 e. The third-order valence-corrected chi connectivity index (χ3v) is 2.75. The zero-order valence-electron chi connectivity index (χ0n) is 10.6. The Labute approximate surface area is 111 Å². The van der Waals surface area contributed by atoms with Gasteiger partial charge in [-0.3, -0.25) is 10.8 Å². The summed E-state index contributed by atoms with van der Waals surface area (Å²) in [7, 11) is 0. The zero-order valence-corrected chi connectivity index (χ0v) is 10.6. The van der Waals surface area contributed by atoms with Crippen LogP contribution in [0.3, 0.4) is 0 Å². The smallest absolute Gasteiger partial charge is 0.146 e. The Morgan fingerprint density at radius 1 is 1.32 bits per heavy atom. The van der Waals surface area contributed by atoms with Crippen molar-refractivity contribution in [1.29, 1.82) is 0 Å². The monoisotopic (exact) mass is 261 g/mol. The van der Waals surface area contributed by atoms with Gasteiger partial charge in [0.25, 0.3) is 0 Å². The highest BCUT2D eigenvalue weighted by atomic mass is 19.1. The van der Waals surface area contributed by atoms with E-state index in [1.807, 2.05) is 31.2 Å². The lowest BCUT2D eigenvalue weighted by Gasteiger charge is -2.16. The molecule has 1 unspecified atom stereocenters. The normalized spacial score (nSPS) is 12.2. The number of nitrogens with one attached hydrogen (secondary N) is 1. The molecule has 0 aliphatic carbocycles. The first-order valence-corrected chi connectivity index (χ1v) is 6.05. The van der Waals surface area contributed by atoms with E-state index in [0.29, 0.717) is 6.61 Å².